The zero-order valence-electron chi connectivity index (χ0n) is 35.7. The third kappa shape index (κ3) is 7.31. The summed E-state index contributed by atoms with van der Waals surface area (Å²) >= 11 is 8.19. The summed E-state index contributed by atoms with van der Waals surface area (Å²) in [5, 5.41) is 13.3. The molecule has 5 aliphatic heterocycles. The van der Waals surface area contributed by atoms with E-state index in [4.69, 9.17) is 35.8 Å². The fraction of sp³-hybridized carbons (Fsp3) is 0.489. The van der Waals surface area contributed by atoms with E-state index in [2.05, 4.69) is 18.0 Å². The van der Waals surface area contributed by atoms with Crippen LogP contribution < -0.4 is 15.0 Å². The van der Waals surface area contributed by atoms with Gasteiger partial charge in [0.1, 0.15) is 46.0 Å². The maximum Gasteiger partial charge on any atom is 0.412 e. The molecule has 63 heavy (non-hydrogen) atoms. The number of anilines is 2. The van der Waals surface area contributed by atoms with E-state index < -0.39 is 52.7 Å². The van der Waals surface area contributed by atoms with Crippen molar-refractivity contribution in [1.82, 2.24) is 19.8 Å². The highest BCUT2D eigenvalue weighted by molar-refractivity contribution is 7.23. The molecule has 4 aromatic rings. The van der Waals surface area contributed by atoms with Gasteiger partial charge in [0.25, 0.3) is 6.08 Å². The molecule has 0 radical (unpaired) electrons. The smallest absolute Gasteiger partial charge is 0.412 e. The van der Waals surface area contributed by atoms with E-state index in [9.17, 15) is 23.6 Å². The van der Waals surface area contributed by atoms with Gasteiger partial charge in [0, 0.05) is 35.2 Å². The summed E-state index contributed by atoms with van der Waals surface area (Å²) in [5.41, 5.74) is -1.91. The first-order valence-electron chi connectivity index (χ1n) is 20.9. The molecular formula is C45H46ClF4N7O5S. The minimum Gasteiger partial charge on any atom is -0.461 e. The fourth-order valence-electron chi connectivity index (χ4n) is 10.2. The normalized spacial score (nSPS) is 23.2. The van der Waals surface area contributed by atoms with E-state index >= 15 is 8.78 Å². The molecule has 332 valence electrons. The number of rotatable bonds is 5. The van der Waals surface area contributed by atoms with Gasteiger partial charge in [-0.15, -0.1) is 11.3 Å². The van der Waals surface area contributed by atoms with Gasteiger partial charge < -0.3 is 19.1 Å². The lowest BCUT2D eigenvalue weighted by atomic mass is 9.90. The molecule has 4 atom stereocenters. The molecule has 18 heteroatoms. The van der Waals surface area contributed by atoms with Crippen LogP contribution in [0.15, 0.2) is 30.4 Å². The summed E-state index contributed by atoms with van der Waals surface area (Å²) in [4.78, 5) is 42.1. The Morgan fingerprint density at radius 2 is 1.81 bits per heavy atom. The molecular weight excluding hydrogens is 862 g/mol. The molecule has 0 aliphatic carbocycles. The summed E-state index contributed by atoms with van der Waals surface area (Å²) < 4.78 is 79.2. The lowest BCUT2D eigenvalue weighted by Gasteiger charge is -2.47. The summed E-state index contributed by atoms with van der Waals surface area (Å²) in [7, 11) is 0. The van der Waals surface area contributed by atoms with Crippen LogP contribution >= 0.6 is 22.9 Å². The Bertz CT molecular complexity index is 2720. The zero-order chi connectivity index (χ0) is 45.1. The number of halogens is 5. The van der Waals surface area contributed by atoms with Crippen LogP contribution in [0.2, 0.25) is 5.02 Å². The SMILES string of the molecule is C=C1C[C@@H]2[C@@H]3CC[C@H](CN2c2nc(OC[C@@]45CCCN4CC(=C(F)F)C5)nc4c(F)c(-c5ccc(F)c6sc(NC(=O)OC(C)(C)C)c(C#N)c56)c(Cl)c1c24)N3C(=O)OC(C)(C)C. The highest BCUT2D eigenvalue weighted by atomic mass is 35.5. The number of aromatic nitrogens is 2. The van der Waals surface area contributed by atoms with E-state index in [1.165, 1.54) is 6.07 Å². The number of thiophene rings is 1. The van der Waals surface area contributed by atoms with E-state index in [1.54, 1.807) is 25.7 Å². The summed E-state index contributed by atoms with van der Waals surface area (Å²) in [5.74, 6) is -1.32. The first-order valence-corrected chi connectivity index (χ1v) is 22.1. The van der Waals surface area contributed by atoms with Gasteiger partial charge in [-0.25, -0.2) is 18.4 Å². The Balaban J connectivity index is 1.22. The van der Waals surface area contributed by atoms with Crippen LogP contribution in [-0.4, -0.2) is 93.1 Å². The van der Waals surface area contributed by atoms with E-state index in [0.717, 1.165) is 23.8 Å². The predicted octanol–water partition coefficient (Wildman–Crippen LogP) is 10.8. The third-order valence-electron chi connectivity index (χ3n) is 12.7. The van der Waals surface area contributed by atoms with Gasteiger partial charge in [-0.05, 0) is 104 Å². The molecule has 1 N–H and O–H groups in total. The van der Waals surface area contributed by atoms with Crippen molar-refractivity contribution in [2.24, 2.45) is 0 Å². The second-order valence-corrected chi connectivity index (χ2v) is 20.5. The van der Waals surface area contributed by atoms with Gasteiger partial charge in [0.05, 0.1) is 44.3 Å². The standard InChI is InChI=1S/C45H46ClF4N7O5S/c1-21-15-28-27-12-9-23(57(27)42(59)62-44(5,6)7)19-56(28)38-32-29(21)33(46)31(24-10-11-26(47)36-30(24)25(17-51)39(63-36)54-41(58)61-43(2,3)4)34(48)35(32)52-40(53-38)60-20-45-13-8-14-55(45)18-22(16-45)37(49)50/h10-11,23,27-28H,1,8-9,12-16,18-20H2,2-7H3,(H,54,58)/t23-,27+,28-,45+/m1/s1. The second-order valence-electron chi connectivity index (χ2n) is 19.1. The van der Waals surface area contributed by atoms with E-state index in [-0.39, 0.29) is 97.4 Å². The molecule has 0 spiro atoms. The Labute approximate surface area is 370 Å². The van der Waals surface area contributed by atoms with Crippen molar-refractivity contribution < 1.29 is 41.4 Å². The quantitative estimate of drug-likeness (QED) is 0.193. The van der Waals surface area contributed by atoms with Crippen LogP contribution in [0.25, 0.3) is 37.7 Å². The molecule has 4 saturated heterocycles. The number of amides is 2. The Morgan fingerprint density at radius 3 is 2.51 bits per heavy atom. The molecule has 2 aromatic heterocycles. The van der Waals surface area contributed by atoms with Crippen LogP contribution in [0.1, 0.15) is 91.2 Å². The minimum atomic E-state index is -1.70. The molecule has 0 saturated carbocycles. The Kier molecular flexibility index (Phi) is 10.4. The number of piperazine rings is 1. The number of fused-ring (bicyclic) bond motifs is 7. The van der Waals surface area contributed by atoms with Crippen molar-refractivity contribution in [3.05, 3.63) is 58.1 Å². The number of carbonyl (C=O) groups excluding carboxylic acids is 2. The molecule has 2 aromatic carbocycles. The number of carbonyl (C=O) groups is 2. The Morgan fingerprint density at radius 1 is 1.06 bits per heavy atom. The largest absolute Gasteiger partial charge is 0.461 e. The number of hydrogen-bond acceptors (Lipinski definition) is 11. The summed E-state index contributed by atoms with van der Waals surface area (Å²) in [6.45, 7) is 15.9. The van der Waals surface area contributed by atoms with Crippen LogP contribution in [0.3, 0.4) is 0 Å². The number of nitriles is 1. The van der Waals surface area contributed by atoms with Crippen LogP contribution in [0, 0.1) is 23.0 Å². The van der Waals surface area contributed by atoms with Crippen molar-refractivity contribution in [2.45, 2.75) is 115 Å². The third-order valence-corrected chi connectivity index (χ3v) is 14.1. The van der Waals surface area contributed by atoms with Crippen molar-refractivity contribution >= 4 is 72.5 Å². The molecule has 7 heterocycles. The lowest BCUT2D eigenvalue weighted by Crippen LogP contribution is -2.62. The van der Waals surface area contributed by atoms with Gasteiger partial charge >= 0.3 is 18.2 Å². The number of benzene rings is 2. The molecule has 4 fully saturated rings. The average Bonchev–Trinajstić information content (AvgIpc) is 3.92. The van der Waals surface area contributed by atoms with Crippen molar-refractivity contribution in [3.63, 3.8) is 0 Å². The first-order chi connectivity index (χ1) is 29.7. The molecule has 5 aliphatic rings. The maximum absolute atomic E-state index is 17.9. The average molecular weight is 908 g/mol. The monoisotopic (exact) mass is 907 g/mol. The molecule has 9 rings (SSSR count). The van der Waals surface area contributed by atoms with E-state index in [1.807, 2.05) is 30.6 Å². The predicted molar refractivity (Wildman–Crippen MR) is 232 cm³/mol. The number of hydrogen-bond donors (Lipinski definition) is 1. The molecule has 2 amide bonds. The summed E-state index contributed by atoms with van der Waals surface area (Å²) in [6, 6.07) is 3.32. The van der Waals surface area contributed by atoms with Crippen molar-refractivity contribution in [1.29, 1.82) is 5.26 Å². The topological polar surface area (TPSA) is 133 Å². The molecule has 2 bridgehead atoms. The van der Waals surface area contributed by atoms with Gasteiger partial charge in [-0.2, -0.15) is 24.0 Å². The Hall–Kier alpha value is -5.18. The van der Waals surface area contributed by atoms with Gasteiger partial charge in [0.2, 0.25) is 0 Å². The van der Waals surface area contributed by atoms with Gasteiger partial charge in [0.15, 0.2) is 5.82 Å². The van der Waals surface area contributed by atoms with Crippen molar-refractivity contribution in [3.8, 4) is 23.2 Å². The van der Waals surface area contributed by atoms with Crippen LogP contribution in [0.4, 0.5) is 38.0 Å². The maximum atomic E-state index is 17.9. The zero-order valence-corrected chi connectivity index (χ0v) is 37.3. The lowest BCUT2D eigenvalue weighted by molar-refractivity contribution is 0.00774. The molecule has 12 nitrogen and oxygen atoms in total. The number of nitrogens with zero attached hydrogens (tertiary/aromatic N) is 6. The first kappa shape index (κ1) is 43.1. The highest BCUT2D eigenvalue weighted by Crippen LogP contribution is 2.53. The summed E-state index contributed by atoms with van der Waals surface area (Å²) in [6.07, 6.45) is 0.108. The van der Waals surface area contributed by atoms with Gasteiger partial charge in [-0.3, -0.25) is 15.1 Å². The number of nitrogens with one attached hydrogen (secondary N) is 1. The minimum absolute atomic E-state index is 0.00683. The molecule has 0 unspecified atom stereocenters. The van der Waals surface area contributed by atoms with Crippen LogP contribution in [0.5, 0.6) is 6.01 Å². The van der Waals surface area contributed by atoms with E-state index in [0.29, 0.717) is 49.3 Å². The second kappa shape index (κ2) is 15.2. The van der Waals surface area contributed by atoms with Crippen molar-refractivity contribution in [2.75, 3.05) is 36.5 Å². The van der Waals surface area contributed by atoms with Crippen LogP contribution in [-0.2, 0) is 9.47 Å². The fourth-order valence-corrected chi connectivity index (χ4v) is 11.7. The van der Waals surface area contributed by atoms with Gasteiger partial charge in [-0.1, -0.05) is 24.2 Å². The number of ether oxygens (including phenoxy) is 3. The highest BCUT2D eigenvalue weighted by Gasteiger charge is 2.52.